The van der Waals surface area contributed by atoms with Crippen molar-refractivity contribution >= 4 is 29.5 Å². The van der Waals surface area contributed by atoms with Gasteiger partial charge in [0.25, 0.3) is 17.7 Å². The Labute approximate surface area is 334 Å². The summed E-state index contributed by atoms with van der Waals surface area (Å²) in [5.41, 5.74) is 0.208. The number of hydrogen-bond acceptors (Lipinski definition) is 7. The molecule has 1 aliphatic heterocycles. The Kier molecular flexibility index (Phi) is 13.2. The fourth-order valence-corrected chi connectivity index (χ4v) is 9.18. The zero-order valence-corrected chi connectivity index (χ0v) is 33.8. The van der Waals surface area contributed by atoms with E-state index < -0.39 is 95.9 Å². The summed E-state index contributed by atoms with van der Waals surface area (Å²) in [5.74, 6) is -8.40. The van der Waals surface area contributed by atoms with Crippen LogP contribution in [0, 0.1) is 23.2 Å². The molecule has 2 heterocycles. The average Bonchev–Trinajstić information content (AvgIpc) is 3.58. The minimum Gasteiger partial charge on any atom is -0.381 e. The molecule has 314 valence electrons. The molecular formula is C42H61F2N7O6. The second-order valence-electron chi connectivity index (χ2n) is 18.0. The molecule has 1 unspecified atom stereocenters. The van der Waals surface area contributed by atoms with E-state index in [2.05, 4.69) is 32.3 Å². The van der Waals surface area contributed by atoms with Crippen LogP contribution in [0.5, 0.6) is 0 Å². The predicted molar refractivity (Wildman–Crippen MR) is 209 cm³/mol. The highest BCUT2D eigenvalue weighted by Gasteiger charge is 2.61. The van der Waals surface area contributed by atoms with Gasteiger partial charge in [0, 0.05) is 43.9 Å². The summed E-state index contributed by atoms with van der Waals surface area (Å²) in [7, 11) is 0. The number of amides is 5. The van der Waals surface area contributed by atoms with Gasteiger partial charge in [-0.05, 0) is 68.6 Å². The van der Waals surface area contributed by atoms with Crippen LogP contribution in [0.15, 0.2) is 36.2 Å². The lowest BCUT2D eigenvalue weighted by molar-refractivity contribution is -0.146. The summed E-state index contributed by atoms with van der Waals surface area (Å²) in [5, 5.41) is 22.4. The normalized spacial score (nSPS) is 25.4. The van der Waals surface area contributed by atoms with Gasteiger partial charge in [-0.25, -0.2) is 13.8 Å². The first-order valence-corrected chi connectivity index (χ1v) is 21.0. The Hall–Kier alpha value is -4.14. The molecular weight excluding hydrogens is 737 g/mol. The van der Waals surface area contributed by atoms with Crippen LogP contribution in [0.1, 0.15) is 122 Å². The predicted octanol–water partition coefficient (Wildman–Crippen LogP) is 4.17. The van der Waals surface area contributed by atoms with Crippen LogP contribution >= 0.6 is 0 Å². The minimum atomic E-state index is -3.11. The van der Waals surface area contributed by atoms with Gasteiger partial charge in [-0.1, -0.05) is 77.2 Å². The highest BCUT2D eigenvalue weighted by molar-refractivity contribution is 5.98. The van der Waals surface area contributed by atoms with E-state index in [0.717, 1.165) is 50.5 Å². The third-order valence-electron chi connectivity index (χ3n) is 12.5. The maximum atomic E-state index is 15.4. The van der Waals surface area contributed by atoms with Gasteiger partial charge in [0.15, 0.2) is 11.9 Å². The Balaban J connectivity index is 1.23. The van der Waals surface area contributed by atoms with E-state index in [0.29, 0.717) is 25.8 Å². The Morgan fingerprint density at radius 3 is 2.39 bits per heavy atom. The molecule has 4 fully saturated rings. The molecule has 3 saturated carbocycles. The van der Waals surface area contributed by atoms with E-state index in [1.807, 2.05) is 19.1 Å². The van der Waals surface area contributed by atoms with Crippen molar-refractivity contribution in [1.29, 1.82) is 0 Å². The average molecular weight is 798 g/mol. The third-order valence-corrected chi connectivity index (χ3v) is 12.5. The van der Waals surface area contributed by atoms with E-state index in [1.54, 1.807) is 37.7 Å². The number of likely N-dealkylation sites (tertiary alicyclic amines) is 1. The van der Waals surface area contributed by atoms with Crippen molar-refractivity contribution in [2.45, 2.75) is 160 Å². The lowest BCUT2D eigenvalue weighted by Crippen LogP contribution is -2.62. The first-order chi connectivity index (χ1) is 27.1. The summed E-state index contributed by atoms with van der Waals surface area (Å²) >= 11 is 0. The van der Waals surface area contributed by atoms with Crippen molar-refractivity contribution in [2.75, 3.05) is 6.54 Å². The Morgan fingerprint density at radius 1 is 1.00 bits per heavy atom. The first-order valence-electron chi connectivity index (χ1n) is 21.0. The summed E-state index contributed by atoms with van der Waals surface area (Å²) in [6, 6.07) is -4.57. The summed E-state index contributed by atoms with van der Waals surface area (Å²) in [4.78, 5) is 75.6. The fraction of sp³-hybridized carbons (Fsp3) is 0.714. The van der Waals surface area contributed by atoms with Gasteiger partial charge in [-0.3, -0.25) is 24.0 Å². The number of nitrogens with one attached hydrogen (secondary N) is 4. The molecule has 0 aromatic carbocycles. The molecule has 5 amide bonds. The standard InChI is InChI=1S/C42H61F2N7O6/c1-5-12-30(33(52)38(55)46-27-17-18-27)47-37(54)32-28-19-20-42(43,44)29(28)24-51(32)40(57)34(41(2,3)4)49-36(53)31(26-15-10-7-11-16-26)48-39(56)35-45-21-22-50(35)23-25-13-8-6-9-14-25/h6,8,13,21-22,26-34,52H,5,7,9-12,14-20,23-24H2,1-4H3,(H,46,55)(H,47,54)(H,48,56)(H,49,53)/t28-,29-,30-,31-,32-,33?,34+/m0/s1. The quantitative estimate of drug-likeness (QED) is 0.177. The number of aromatic nitrogens is 2. The number of imidazole rings is 1. The zero-order valence-electron chi connectivity index (χ0n) is 33.8. The van der Waals surface area contributed by atoms with E-state index >= 15 is 8.78 Å². The molecule has 1 saturated heterocycles. The SMILES string of the molecule is CCC[C@H](NC(=O)[C@@H]1[C@H]2CCC(F)(F)[C@H]2CN1C(=O)[C@@H](NC(=O)[C@@H](NC(=O)c1nccn1CC1=CC=CCC1)C1CCCCC1)C(C)(C)C)C(O)C(=O)NC1CC1. The maximum absolute atomic E-state index is 15.4. The molecule has 13 nitrogen and oxygen atoms in total. The van der Waals surface area contributed by atoms with E-state index in [1.165, 1.54) is 4.90 Å². The topological polar surface area (TPSA) is 175 Å². The van der Waals surface area contributed by atoms with Gasteiger partial charge >= 0.3 is 0 Å². The molecule has 6 rings (SSSR count). The van der Waals surface area contributed by atoms with Crippen molar-refractivity contribution in [1.82, 2.24) is 35.7 Å². The molecule has 15 heteroatoms. The van der Waals surface area contributed by atoms with Crippen molar-refractivity contribution in [3.8, 4) is 0 Å². The Morgan fingerprint density at radius 2 is 1.74 bits per heavy atom. The largest absolute Gasteiger partial charge is 0.381 e. The molecule has 7 atom stereocenters. The van der Waals surface area contributed by atoms with Crippen LogP contribution in [-0.2, 0) is 25.7 Å². The van der Waals surface area contributed by atoms with Gasteiger partial charge in [0.2, 0.25) is 17.7 Å². The molecule has 0 spiro atoms. The lowest BCUT2D eigenvalue weighted by Gasteiger charge is -2.38. The van der Waals surface area contributed by atoms with Crippen molar-refractivity contribution in [3.05, 3.63) is 42.0 Å². The second kappa shape index (κ2) is 17.8. The third kappa shape index (κ3) is 9.94. The van der Waals surface area contributed by atoms with Crippen LogP contribution in [-0.4, -0.2) is 97.9 Å². The molecule has 5 aliphatic rings. The maximum Gasteiger partial charge on any atom is 0.287 e. The number of aliphatic hydroxyl groups is 1. The number of rotatable bonds is 15. The molecule has 1 aromatic rings. The molecule has 0 bridgehead atoms. The number of hydrogen-bond donors (Lipinski definition) is 5. The number of alkyl halides is 2. The monoisotopic (exact) mass is 797 g/mol. The molecule has 57 heavy (non-hydrogen) atoms. The van der Waals surface area contributed by atoms with Crippen LogP contribution in [0.2, 0.25) is 0 Å². The molecule has 5 N–H and O–H groups in total. The van der Waals surface area contributed by atoms with Crippen LogP contribution in [0.3, 0.4) is 0 Å². The summed E-state index contributed by atoms with van der Waals surface area (Å²) in [6.45, 7) is 7.18. The number of carbonyl (C=O) groups is 5. The number of allylic oxidation sites excluding steroid dienone is 4. The number of carbonyl (C=O) groups excluding carboxylic acids is 5. The molecule has 0 radical (unpaired) electrons. The first kappa shape index (κ1) is 42.5. The van der Waals surface area contributed by atoms with Gasteiger partial charge in [0.05, 0.1) is 6.04 Å². The van der Waals surface area contributed by atoms with E-state index in [-0.39, 0.29) is 30.6 Å². The van der Waals surface area contributed by atoms with Crippen LogP contribution in [0.4, 0.5) is 8.78 Å². The van der Waals surface area contributed by atoms with E-state index in [4.69, 9.17) is 0 Å². The molecule has 4 aliphatic carbocycles. The van der Waals surface area contributed by atoms with Gasteiger partial charge in [-0.2, -0.15) is 0 Å². The van der Waals surface area contributed by atoms with Crippen LogP contribution in [0.25, 0.3) is 0 Å². The minimum absolute atomic E-state index is 0.00870. The van der Waals surface area contributed by atoms with Gasteiger partial charge < -0.3 is 35.8 Å². The fourth-order valence-electron chi connectivity index (χ4n) is 9.18. The van der Waals surface area contributed by atoms with Crippen molar-refractivity contribution < 1.29 is 37.9 Å². The zero-order chi connectivity index (χ0) is 41.1. The van der Waals surface area contributed by atoms with Crippen molar-refractivity contribution in [3.63, 3.8) is 0 Å². The van der Waals surface area contributed by atoms with Gasteiger partial charge in [-0.15, -0.1) is 0 Å². The summed E-state index contributed by atoms with van der Waals surface area (Å²) in [6.07, 6.45) is 15.7. The van der Waals surface area contributed by atoms with Crippen molar-refractivity contribution in [2.24, 2.45) is 23.2 Å². The number of halogens is 2. The molecule has 1 aromatic heterocycles. The van der Waals surface area contributed by atoms with Gasteiger partial charge in [0.1, 0.15) is 18.1 Å². The second-order valence-corrected chi connectivity index (χ2v) is 18.0. The number of aliphatic hydroxyl groups excluding tert-OH is 1. The van der Waals surface area contributed by atoms with E-state index in [9.17, 15) is 29.1 Å². The summed E-state index contributed by atoms with van der Waals surface area (Å²) < 4.78 is 32.5. The highest BCUT2D eigenvalue weighted by Crippen LogP contribution is 2.51. The lowest BCUT2D eigenvalue weighted by atomic mass is 9.82. The van der Waals surface area contributed by atoms with Crippen LogP contribution < -0.4 is 21.3 Å². The smallest absolute Gasteiger partial charge is 0.287 e. The Bertz CT molecular complexity index is 1710. The number of fused-ring (bicyclic) bond motifs is 1. The highest BCUT2D eigenvalue weighted by atomic mass is 19.3. The number of nitrogens with zero attached hydrogens (tertiary/aromatic N) is 3.